The number of rotatable bonds is 3. The van der Waals surface area contributed by atoms with Gasteiger partial charge in [0, 0.05) is 21.5 Å². The molecule has 29 heavy (non-hydrogen) atoms. The quantitative estimate of drug-likeness (QED) is 0.402. The highest BCUT2D eigenvalue weighted by atomic mass is 32.1. The first-order valence-electron chi connectivity index (χ1n) is 9.95. The van der Waals surface area contributed by atoms with Gasteiger partial charge >= 0.3 is 0 Å². The molecular weight excluding hydrogens is 396 g/mol. The summed E-state index contributed by atoms with van der Waals surface area (Å²) in [6.07, 6.45) is 3.28. The standard InChI is InChI=1S/C24H22N2OS2/c1-14-3-9-18-19(13-28-21(18)11-14)23(27)25-17-7-5-16(6-8-17)24-26-20-10-4-15(2)12-22(20)29-24/h4-8,10,12-14H,3,9,11H2,1-2H3,(H,25,27). The molecule has 2 aromatic carbocycles. The molecule has 0 fully saturated rings. The van der Waals surface area contributed by atoms with Crippen LogP contribution in [0.25, 0.3) is 20.8 Å². The van der Waals surface area contributed by atoms with Gasteiger partial charge in [0.25, 0.3) is 5.91 Å². The Hall–Kier alpha value is -2.50. The second-order valence-corrected chi connectivity index (χ2v) is 9.92. The Kier molecular flexibility index (Phi) is 4.72. The van der Waals surface area contributed by atoms with Crippen molar-refractivity contribution in [3.05, 3.63) is 69.4 Å². The number of aryl methyl sites for hydroxylation is 1. The van der Waals surface area contributed by atoms with Crippen LogP contribution in [0.4, 0.5) is 5.69 Å². The predicted octanol–water partition coefficient (Wildman–Crippen LogP) is 6.71. The molecule has 0 aliphatic heterocycles. The van der Waals surface area contributed by atoms with Crippen LogP contribution in [0, 0.1) is 12.8 Å². The fraction of sp³-hybridized carbons (Fsp3) is 0.250. The lowest BCUT2D eigenvalue weighted by Gasteiger charge is -2.18. The van der Waals surface area contributed by atoms with E-state index in [-0.39, 0.29) is 5.91 Å². The van der Waals surface area contributed by atoms with Gasteiger partial charge in [0.1, 0.15) is 5.01 Å². The van der Waals surface area contributed by atoms with Crippen LogP contribution in [-0.4, -0.2) is 10.9 Å². The molecule has 0 spiro atoms. The molecule has 2 heterocycles. The Morgan fingerprint density at radius 3 is 2.83 bits per heavy atom. The number of thiophene rings is 1. The van der Waals surface area contributed by atoms with Crippen molar-refractivity contribution in [2.45, 2.75) is 33.1 Å². The molecule has 2 aromatic heterocycles. The Bertz CT molecular complexity index is 1200. The molecule has 3 nitrogen and oxygen atoms in total. The Morgan fingerprint density at radius 1 is 1.17 bits per heavy atom. The van der Waals surface area contributed by atoms with Gasteiger partial charge in [-0.3, -0.25) is 4.79 Å². The molecular formula is C24H22N2OS2. The monoisotopic (exact) mass is 418 g/mol. The largest absolute Gasteiger partial charge is 0.322 e. The molecule has 1 unspecified atom stereocenters. The highest BCUT2D eigenvalue weighted by molar-refractivity contribution is 7.21. The minimum Gasteiger partial charge on any atom is -0.322 e. The summed E-state index contributed by atoms with van der Waals surface area (Å²) in [7, 11) is 0. The van der Waals surface area contributed by atoms with Gasteiger partial charge < -0.3 is 5.32 Å². The SMILES string of the molecule is Cc1ccc2nc(-c3ccc(NC(=O)c4csc5c4CCC(C)C5)cc3)sc2c1. The zero-order valence-corrected chi connectivity index (χ0v) is 18.1. The van der Waals surface area contributed by atoms with Crippen molar-refractivity contribution in [2.24, 2.45) is 5.92 Å². The van der Waals surface area contributed by atoms with Gasteiger partial charge in [-0.05, 0) is 79.6 Å². The maximum Gasteiger partial charge on any atom is 0.256 e. The average molecular weight is 419 g/mol. The van der Waals surface area contributed by atoms with Crippen LogP contribution in [0.5, 0.6) is 0 Å². The second-order valence-electron chi connectivity index (χ2n) is 7.92. The number of thiazole rings is 1. The summed E-state index contributed by atoms with van der Waals surface area (Å²) >= 11 is 3.43. The highest BCUT2D eigenvalue weighted by Gasteiger charge is 2.23. The molecule has 0 bridgehead atoms. The van der Waals surface area contributed by atoms with Crippen molar-refractivity contribution in [2.75, 3.05) is 5.32 Å². The number of carbonyl (C=O) groups excluding carboxylic acids is 1. The molecule has 5 rings (SSSR count). The van der Waals surface area contributed by atoms with Gasteiger partial charge in [0.2, 0.25) is 0 Å². The Balaban J connectivity index is 1.34. The molecule has 0 saturated carbocycles. The zero-order valence-electron chi connectivity index (χ0n) is 16.5. The maximum atomic E-state index is 12.8. The Morgan fingerprint density at radius 2 is 2.00 bits per heavy atom. The van der Waals surface area contributed by atoms with Gasteiger partial charge in [-0.15, -0.1) is 22.7 Å². The molecule has 1 N–H and O–H groups in total. The summed E-state index contributed by atoms with van der Waals surface area (Å²) in [5, 5.41) is 6.10. The van der Waals surface area contributed by atoms with Crippen LogP contribution in [0.15, 0.2) is 47.8 Å². The van der Waals surface area contributed by atoms with Crippen LogP contribution >= 0.6 is 22.7 Å². The number of anilines is 1. The second kappa shape index (κ2) is 7.39. The van der Waals surface area contributed by atoms with E-state index in [2.05, 4.69) is 37.4 Å². The minimum atomic E-state index is 0.000246. The molecule has 1 amide bonds. The lowest BCUT2D eigenvalue weighted by molar-refractivity contribution is 0.102. The summed E-state index contributed by atoms with van der Waals surface area (Å²) < 4.78 is 1.20. The molecule has 1 atom stereocenters. The van der Waals surface area contributed by atoms with E-state index in [9.17, 15) is 4.79 Å². The van der Waals surface area contributed by atoms with Crippen LogP contribution in [0.1, 0.15) is 39.7 Å². The van der Waals surface area contributed by atoms with Crippen molar-refractivity contribution in [1.82, 2.24) is 4.98 Å². The van der Waals surface area contributed by atoms with Crippen molar-refractivity contribution < 1.29 is 4.79 Å². The van der Waals surface area contributed by atoms with E-state index in [0.717, 1.165) is 46.1 Å². The van der Waals surface area contributed by atoms with E-state index < -0.39 is 0 Å². The van der Waals surface area contributed by atoms with Crippen molar-refractivity contribution >= 4 is 44.5 Å². The van der Waals surface area contributed by atoms with Gasteiger partial charge in [-0.25, -0.2) is 4.98 Å². The third-order valence-corrected chi connectivity index (χ3v) is 7.70. The smallest absolute Gasteiger partial charge is 0.256 e. The third-order valence-electron chi connectivity index (χ3n) is 5.58. The first-order valence-corrected chi connectivity index (χ1v) is 11.6. The summed E-state index contributed by atoms with van der Waals surface area (Å²) in [6.45, 7) is 4.39. The van der Waals surface area contributed by atoms with E-state index in [1.54, 1.807) is 22.7 Å². The van der Waals surface area contributed by atoms with E-state index in [1.165, 1.54) is 27.1 Å². The summed E-state index contributed by atoms with van der Waals surface area (Å²) in [5.41, 5.74) is 6.28. The number of amides is 1. The fourth-order valence-corrected chi connectivity index (χ4v) is 6.23. The third kappa shape index (κ3) is 3.61. The normalized spacial score (nSPS) is 16.0. The molecule has 0 saturated heterocycles. The number of carbonyl (C=O) groups is 1. The molecule has 1 aliphatic rings. The molecule has 1 aliphatic carbocycles. The number of benzene rings is 2. The van der Waals surface area contributed by atoms with Crippen LogP contribution < -0.4 is 5.32 Å². The highest BCUT2D eigenvalue weighted by Crippen LogP contribution is 2.34. The predicted molar refractivity (Wildman–Crippen MR) is 123 cm³/mol. The summed E-state index contributed by atoms with van der Waals surface area (Å²) in [4.78, 5) is 18.9. The van der Waals surface area contributed by atoms with Crippen LogP contribution in [0.2, 0.25) is 0 Å². The first kappa shape index (κ1) is 18.5. The topological polar surface area (TPSA) is 42.0 Å². The van der Waals surface area contributed by atoms with Gasteiger partial charge in [-0.1, -0.05) is 13.0 Å². The number of nitrogens with one attached hydrogen (secondary N) is 1. The molecule has 4 aromatic rings. The van der Waals surface area contributed by atoms with Gasteiger partial charge in [-0.2, -0.15) is 0 Å². The fourth-order valence-electron chi connectivity index (χ4n) is 3.92. The average Bonchev–Trinajstić information content (AvgIpc) is 3.31. The molecule has 0 radical (unpaired) electrons. The lowest BCUT2D eigenvalue weighted by Crippen LogP contribution is -2.16. The Labute approximate surface area is 178 Å². The first-order chi connectivity index (χ1) is 14.1. The molecule has 5 heteroatoms. The number of hydrogen-bond acceptors (Lipinski definition) is 4. The van der Waals surface area contributed by atoms with E-state index in [1.807, 2.05) is 29.6 Å². The molecule has 146 valence electrons. The number of aromatic nitrogens is 1. The summed E-state index contributed by atoms with van der Waals surface area (Å²) in [5.74, 6) is 0.719. The lowest BCUT2D eigenvalue weighted by atomic mass is 9.88. The van der Waals surface area contributed by atoms with Crippen molar-refractivity contribution in [1.29, 1.82) is 0 Å². The van der Waals surface area contributed by atoms with Crippen LogP contribution in [-0.2, 0) is 12.8 Å². The zero-order chi connectivity index (χ0) is 20.0. The number of fused-ring (bicyclic) bond motifs is 2. The maximum absolute atomic E-state index is 12.8. The number of nitrogens with zero attached hydrogens (tertiary/aromatic N) is 1. The van der Waals surface area contributed by atoms with Gasteiger partial charge in [0.15, 0.2) is 0 Å². The van der Waals surface area contributed by atoms with E-state index >= 15 is 0 Å². The number of hydrogen-bond donors (Lipinski definition) is 1. The summed E-state index contributed by atoms with van der Waals surface area (Å²) in [6, 6.07) is 14.3. The van der Waals surface area contributed by atoms with Crippen LogP contribution in [0.3, 0.4) is 0 Å². The van der Waals surface area contributed by atoms with Crippen molar-refractivity contribution in [3.63, 3.8) is 0 Å². The van der Waals surface area contributed by atoms with E-state index in [0.29, 0.717) is 0 Å². The minimum absolute atomic E-state index is 0.000246. The van der Waals surface area contributed by atoms with E-state index in [4.69, 9.17) is 4.98 Å². The van der Waals surface area contributed by atoms with Gasteiger partial charge in [0.05, 0.1) is 15.8 Å². The van der Waals surface area contributed by atoms with Crippen molar-refractivity contribution in [3.8, 4) is 10.6 Å².